The molecule has 2 aromatic carbocycles. The number of nitrogens with zero attached hydrogens (tertiary/aromatic N) is 2. The number of esters is 1. The number of aryl methyl sites for hydroxylation is 1. The van der Waals surface area contributed by atoms with Crippen LogP contribution in [0.4, 0.5) is 0 Å². The molecule has 1 heterocycles. The Balaban J connectivity index is 1.77. The molecule has 0 aliphatic heterocycles. The summed E-state index contributed by atoms with van der Waals surface area (Å²) < 4.78 is 5.44. The molecule has 0 aliphatic carbocycles. The summed E-state index contributed by atoms with van der Waals surface area (Å²) in [7, 11) is 0. The average molecular weight is 486 g/mol. The number of phenols is 1. The summed E-state index contributed by atoms with van der Waals surface area (Å²) in [5, 5.41) is 22.7. The van der Waals surface area contributed by atoms with Gasteiger partial charge in [-0.15, -0.1) is 0 Å². The van der Waals surface area contributed by atoms with Crippen LogP contribution in [0.3, 0.4) is 0 Å². The number of benzene rings is 2. The third kappa shape index (κ3) is 6.50. The number of unbranched alkanes of at least 4 members (excludes halogenated alkanes) is 5. The predicted molar refractivity (Wildman–Crippen MR) is 137 cm³/mol. The van der Waals surface area contributed by atoms with Crippen LogP contribution < -0.4 is 0 Å². The lowest BCUT2D eigenvalue weighted by Crippen LogP contribution is -2.13. The van der Waals surface area contributed by atoms with Crippen LogP contribution in [0.5, 0.6) is 5.75 Å². The van der Waals surface area contributed by atoms with Crippen molar-refractivity contribution >= 4 is 28.6 Å². The van der Waals surface area contributed by atoms with Crippen LogP contribution in [-0.4, -0.2) is 33.1 Å². The van der Waals surface area contributed by atoms with E-state index in [1.54, 1.807) is 12.1 Å². The van der Waals surface area contributed by atoms with Gasteiger partial charge in [-0.05, 0) is 42.0 Å². The second-order valence-corrected chi connectivity index (χ2v) is 10.3. The molecule has 0 saturated heterocycles. The molecule has 0 bridgehead atoms. The number of ether oxygens (including phenoxy) is 1. The molecule has 7 heteroatoms. The number of hydrogen-bond donors (Lipinski definition) is 2. The zero-order valence-electron chi connectivity index (χ0n) is 20.7. The lowest BCUT2D eigenvalue weighted by Gasteiger charge is -2.24. The van der Waals surface area contributed by atoms with Gasteiger partial charge in [0, 0.05) is 23.1 Å². The van der Waals surface area contributed by atoms with E-state index in [-0.39, 0.29) is 23.6 Å². The molecule has 2 N–H and O–H groups in total. The summed E-state index contributed by atoms with van der Waals surface area (Å²) >= 11 is 6.56. The Morgan fingerprint density at radius 1 is 1.09 bits per heavy atom. The topological polar surface area (TPSA) is 88.1 Å². The fourth-order valence-electron chi connectivity index (χ4n) is 4.13. The maximum atomic E-state index is 12.3. The van der Waals surface area contributed by atoms with Crippen LogP contribution in [0, 0.1) is 0 Å². The summed E-state index contributed by atoms with van der Waals surface area (Å²) in [6.07, 6.45) is 7.73. The third-order valence-electron chi connectivity index (χ3n) is 6.06. The molecule has 3 aromatic rings. The fourth-order valence-corrected chi connectivity index (χ4v) is 4.39. The largest absolute Gasteiger partial charge is 0.507 e. The van der Waals surface area contributed by atoms with Gasteiger partial charge in [-0.3, -0.25) is 4.79 Å². The Bertz CT molecular complexity index is 1120. The zero-order chi connectivity index (χ0) is 24.7. The van der Waals surface area contributed by atoms with Gasteiger partial charge >= 0.3 is 5.97 Å². The summed E-state index contributed by atoms with van der Waals surface area (Å²) in [5.41, 5.74) is 3.90. The van der Waals surface area contributed by atoms with Crippen LogP contribution in [0.2, 0.25) is 5.02 Å². The van der Waals surface area contributed by atoms with E-state index in [1.165, 1.54) is 25.7 Å². The molecule has 0 unspecified atom stereocenters. The Morgan fingerprint density at radius 2 is 1.82 bits per heavy atom. The van der Waals surface area contributed by atoms with E-state index in [1.807, 2.05) is 32.9 Å². The number of H-pyrrole nitrogens is 1. The van der Waals surface area contributed by atoms with Crippen molar-refractivity contribution in [2.45, 2.75) is 84.5 Å². The lowest BCUT2D eigenvalue weighted by molar-refractivity contribution is -0.143. The van der Waals surface area contributed by atoms with Gasteiger partial charge in [0.15, 0.2) is 0 Å². The van der Waals surface area contributed by atoms with E-state index in [0.29, 0.717) is 40.2 Å². The number of nitrogens with one attached hydrogen (secondary N) is 1. The smallest absolute Gasteiger partial charge is 0.306 e. The number of halogens is 1. The minimum Gasteiger partial charge on any atom is -0.507 e. The summed E-state index contributed by atoms with van der Waals surface area (Å²) in [6, 6.07) is 7.40. The maximum Gasteiger partial charge on any atom is 0.306 e. The molecule has 34 heavy (non-hydrogen) atoms. The number of aromatic amines is 1. The molecular formula is C27H36ClN3O3. The molecule has 0 amide bonds. The molecule has 0 aliphatic rings. The third-order valence-corrected chi connectivity index (χ3v) is 6.38. The van der Waals surface area contributed by atoms with E-state index in [9.17, 15) is 9.90 Å². The van der Waals surface area contributed by atoms with Crippen molar-refractivity contribution in [3.05, 3.63) is 40.4 Å². The molecule has 6 nitrogen and oxygen atoms in total. The molecule has 0 atom stereocenters. The number of hydrogen-bond acceptors (Lipinski definition) is 5. The number of fused-ring (bicyclic) bond motifs is 1. The minimum atomic E-state index is -0.308. The highest BCUT2D eigenvalue weighted by atomic mass is 35.5. The monoisotopic (exact) mass is 485 g/mol. The standard InChI is InChI=1S/C27H36ClN3O3/c1-5-6-7-8-9-10-15-34-23(32)14-11-18-16-19(26(33)20(17-18)27(2,3)4)24-21(28)12-13-22-25(24)30-31-29-22/h12-13,16-17,33H,5-11,14-15H2,1-4H3,(H,29,30,31). The minimum absolute atomic E-state index is 0.166. The van der Waals surface area contributed by atoms with Gasteiger partial charge < -0.3 is 9.84 Å². The normalized spacial score (nSPS) is 11.8. The number of carbonyl (C=O) groups excluding carboxylic acids is 1. The van der Waals surface area contributed by atoms with E-state index in [4.69, 9.17) is 16.3 Å². The van der Waals surface area contributed by atoms with Crippen molar-refractivity contribution in [2.75, 3.05) is 6.61 Å². The van der Waals surface area contributed by atoms with Gasteiger partial charge in [0.05, 0.1) is 11.6 Å². The fraction of sp³-hybridized carbons (Fsp3) is 0.519. The van der Waals surface area contributed by atoms with Gasteiger partial charge in [-0.1, -0.05) is 77.5 Å². The second-order valence-electron chi connectivity index (χ2n) is 9.89. The molecule has 0 spiro atoms. The van der Waals surface area contributed by atoms with Gasteiger partial charge in [-0.25, -0.2) is 0 Å². The predicted octanol–water partition coefficient (Wildman–Crippen LogP) is 7.12. The van der Waals surface area contributed by atoms with Crippen molar-refractivity contribution in [3.8, 4) is 16.9 Å². The average Bonchev–Trinajstić information content (AvgIpc) is 3.26. The van der Waals surface area contributed by atoms with Gasteiger partial charge in [0.1, 0.15) is 16.8 Å². The number of phenolic OH excluding ortho intramolecular Hbond substituents is 1. The van der Waals surface area contributed by atoms with Crippen molar-refractivity contribution in [1.29, 1.82) is 0 Å². The van der Waals surface area contributed by atoms with Gasteiger partial charge in [0.25, 0.3) is 0 Å². The number of aromatic nitrogens is 3. The van der Waals surface area contributed by atoms with Gasteiger partial charge in [0.2, 0.25) is 0 Å². The molecule has 184 valence electrons. The van der Waals surface area contributed by atoms with Crippen molar-refractivity contribution in [2.24, 2.45) is 0 Å². The first-order valence-electron chi connectivity index (χ1n) is 12.2. The van der Waals surface area contributed by atoms with Crippen molar-refractivity contribution in [3.63, 3.8) is 0 Å². The van der Waals surface area contributed by atoms with Crippen LogP contribution in [0.15, 0.2) is 24.3 Å². The Hall–Kier alpha value is -2.60. The molecule has 0 fully saturated rings. The Kier molecular flexibility index (Phi) is 8.95. The van der Waals surface area contributed by atoms with E-state index < -0.39 is 0 Å². The summed E-state index contributed by atoms with van der Waals surface area (Å²) in [4.78, 5) is 12.3. The van der Waals surface area contributed by atoms with E-state index >= 15 is 0 Å². The van der Waals surface area contributed by atoms with Crippen molar-refractivity contribution in [1.82, 2.24) is 15.4 Å². The molecule has 0 saturated carbocycles. The van der Waals surface area contributed by atoms with Crippen LogP contribution in [-0.2, 0) is 21.4 Å². The van der Waals surface area contributed by atoms with Crippen LogP contribution >= 0.6 is 11.6 Å². The SMILES string of the molecule is CCCCCCCCOC(=O)CCc1cc(-c2c(Cl)ccc3n[nH]nc23)c(O)c(C(C)(C)C)c1. The summed E-state index contributed by atoms with van der Waals surface area (Å²) in [5.74, 6) is -0.0311. The van der Waals surface area contributed by atoms with Crippen LogP contribution in [0.1, 0.15) is 83.8 Å². The highest BCUT2D eigenvalue weighted by Crippen LogP contribution is 2.44. The van der Waals surface area contributed by atoms with Crippen LogP contribution in [0.25, 0.3) is 22.2 Å². The van der Waals surface area contributed by atoms with E-state index in [0.717, 1.165) is 24.0 Å². The quantitative estimate of drug-likeness (QED) is 0.223. The first kappa shape index (κ1) is 26.0. The first-order valence-corrected chi connectivity index (χ1v) is 12.6. The first-order chi connectivity index (χ1) is 16.2. The zero-order valence-corrected chi connectivity index (χ0v) is 21.5. The number of carbonyl (C=O) groups is 1. The summed E-state index contributed by atoms with van der Waals surface area (Å²) in [6.45, 7) is 8.81. The molecule has 3 rings (SSSR count). The maximum absolute atomic E-state index is 12.3. The second kappa shape index (κ2) is 11.7. The molecular weight excluding hydrogens is 450 g/mol. The number of rotatable bonds is 11. The molecule has 0 radical (unpaired) electrons. The highest BCUT2D eigenvalue weighted by molar-refractivity contribution is 6.35. The van der Waals surface area contributed by atoms with Crippen molar-refractivity contribution < 1.29 is 14.6 Å². The number of aromatic hydroxyl groups is 1. The molecule has 1 aromatic heterocycles. The Morgan fingerprint density at radius 3 is 2.56 bits per heavy atom. The highest BCUT2D eigenvalue weighted by Gasteiger charge is 2.24. The lowest BCUT2D eigenvalue weighted by atomic mass is 9.82. The van der Waals surface area contributed by atoms with Gasteiger partial charge in [-0.2, -0.15) is 15.4 Å². The van der Waals surface area contributed by atoms with E-state index in [2.05, 4.69) is 22.3 Å². The Labute approximate surface area is 207 Å².